The standard InChI is InChI=1S/C13H20ClN5O2/c1-2-21-13-17-11(14)16-12(18-13)15-7-6-10(20)19-8-4-3-5-9-19/h2-9H2,1H3,(H,15,16,17,18). The predicted molar refractivity (Wildman–Crippen MR) is 79.5 cm³/mol. The molecule has 0 spiro atoms. The third-order valence-electron chi connectivity index (χ3n) is 3.19. The fraction of sp³-hybridized carbons (Fsp3) is 0.692. The molecule has 0 atom stereocenters. The number of hydrogen-bond acceptors (Lipinski definition) is 6. The lowest BCUT2D eigenvalue weighted by molar-refractivity contribution is -0.131. The van der Waals surface area contributed by atoms with E-state index >= 15 is 0 Å². The van der Waals surface area contributed by atoms with Crippen LogP contribution in [0.4, 0.5) is 5.95 Å². The lowest BCUT2D eigenvalue weighted by Gasteiger charge is -2.26. The molecule has 7 nitrogen and oxygen atoms in total. The van der Waals surface area contributed by atoms with Crippen LogP contribution in [0.5, 0.6) is 6.01 Å². The Morgan fingerprint density at radius 1 is 1.29 bits per heavy atom. The van der Waals surface area contributed by atoms with Gasteiger partial charge < -0.3 is 15.0 Å². The van der Waals surface area contributed by atoms with Gasteiger partial charge in [0, 0.05) is 26.1 Å². The summed E-state index contributed by atoms with van der Waals surface area (Å²) < 4.78 is 5.19. The molecule has 0 bridgehead atoms. The molecule has 0 aromatic carbocycles. The molecule has 8 heteroatoms. The Labute approximate surface area is 129 Å². The minimum Gasteiger partial charge on any atom is -0.464 e. The van der Waals surface area contributed by atoms with E-state index in [1.807, 2.05) is 11.8 Å². The molecule has 1 aromatic rings. The fourth-order valence-electron chi connectivity index (χ4n) is 2.19. The molecule has 2 heterocycles. The van der Waals surface area contributed by atoms with E-state index in [1.165, 1.54) is 6.42 Å². The van der Waals surface area contributed by atoms with Crippen molar-refractivity contribution in [2.75, 3.05) is 31.6 Å². The van der Waals surface area contributed by atoms with Crippen molar-refractivity contribution in [3.05, 3.63) is 5.28 Å². The highest BCUT2D eigenvalue weighted by atomic mass is 35.5. The number of anilines is 1. The number of carbonyl (C=O) groups is 1. The van der Waals surface area contributed by atoms with Crippen LogP contribution in [0.25, 0.3) is 0 Å². The topological polar surface area (TPSA) is 80.2 Å². The monoisotopic (exact) mass is 313 g/mol. The number of carbonyl (C=O) groups excluding carboxylic acids is 1. The molecule has 0 aliphatic carbocycles. The van der Waals surface area contributed by atoms with Gasteiger partial charge in [-0.1, -0.05) is 0 Å². The van der Waals surface area contributed by atoms with Gasteiger partial charge in [-0.05, 0) is 37.8 Å². The van der Waals surface area contributed by atoms with Crippen molar-refractivity contribution in [3.8, 4) is 6.01 Å². The molecular formula is C13H20ClN5O2. The van der Waals surface area contributed by atoms with Gasteiger partial charge in [0.1, 0.15) is 0 Å². The van der Waals surface area contributed by atoms with E-state index in [1.54, 1.807) is 0 Å². The minimum atomic E-state index is 0.0679. The van der Waals surface area contributed by atoms with Crippen LogP contribution in [-0.4, -0.2) is 52.0 Å². The summed E-state index contributed by atoms with van der Waals surface area (Å²) in [4.78, 5) is 25.8. The van der Waals surface area contributed by atoms with Gasteiger partial charge in [0.25, 0.3) is 0 Å². The number of piperidine rings is 1. The van der Waals surface area contributed by atoms with Crippen molar-refractivity contribution in [2.45, 2.75) is 32.6 Å². The number of nitrogens with one attached hydrogen (secondary N) is 1. The summed E-state index contributed by atoms with van der Waals surface area (Å²) >= 11 is 5.79. The van der Waals surface area contributed by atoms with Crippen molar-refractivity contribution in [3.63, 3.8) is 0 Å². The first kappa shape index (κ1) is 15.8. The number of ether oxygens (including phenoxy) is 1. The quantitative estimate of drug-likeness (QED) is 0.861. The molecule has 1 saturated heterocycles. The summed E-state index contributed by atoms with van der Waals surface area (Å²) in [5.74, 6) is 0.484. The first-order valence-corrected chi connectivity index (χ1v) is 7.63. The zero-order valence-corrected chi connectivity index (χ0v) is 12.9. The number of nitrogens with zero attached hydrogens (tertiary/aromatic N) is 4. The van der Waals surface area contributed by atoms with E-state index in [0.717, 1.165) is 25.9 Å². The van der Waals surface area contributed by atoms with E-state index in [0.29, 0.717) is 25.5 Å². The smallest absolute Gasteiger partial charge is 0.322 e. The highest BCUT2D eigenvalue weighted by Crippen LogP contribution is 2.12. The maximum absolute atomic E-state index is 12.0. The van der Waals surface area contributed by atoms with Crippen molar-refractivity contribution >= 4 is 23.5 Å². The molecule has 21 heavy (non-hydrogen) atoms. The van der Waals surface area contributed by atoms with Crippen LogP contribution in [0.1, 0.15) is 32.6 Å². The molecule has 1 aliphatic heterocycles. The third kappa shape index (κ3) is 5.00. The Kier molecular flexibility index (Phi) is 5.98. The molecule has 0 saturated carbocycles. The molecule has 116 valence electrons. The van der Waals surface area contributed by atoms with Crippen LogP contribution in [0.15, 0.2) is 0 Å². The second-order valence-electron chi connectivity index (χ2n) is 4.76. The molecular weight excluding hydrogens is 294 g/mol. The second kappa shape index (κ2) is 7.97. The zero-order chi connectivity index (χ0) is 15.1. The molecule has 1 aromatic heterocycles. The van der Waals surface area contributed by atoms with E-state index < -0.39 is 0 Å². The van der Waals surface area contributed by atoms with Crippen molar-refractivity contribution in [2.24, 2.45) is 0 Å². The van der Waals surface area contributed by atoms with Gasteiger partial charge in [-0.15, -0.1) is 0 Å². The Bertz CT molecular complexity index is 480. The average molecular weight is 314 g/mol. The maximum atomic E-state index is 12.0. The lowest BCUT2D eigenvalue weighted by Crippen LogP contribution is -2.36. The van der Waals surface area contributed by atoms with Gasteiger partial charge in [0.15, 0.2) is 0 Å². The van der Waals surface area contributed by atoms with Crippen molar-refractivity contribution < 1.29 is 9.53 Å². The van der Waals surface area contributed by atoms with Crippen LogP contribution in [0.3, 0.4) is 0 Å². The summed E-state index contributed by atoms with van der Waals surface area (Å²) in [6, 6.07) is 0.183. The van der Waals surface area contributed by atoms with Crippen molar-refractivity contribution in [1.29, 1.82) is 0 Å². The Balaban J connectivity index is 1.81. The van der Waals surface area contributed by atoms with Gasteiger partial charge in [-0.25, -0.2) is 0 Å². The third-order valence-corrected chi connectivity index (χ3v) is 3.36. The molecule has 2 rings (SSSR count). The van der Waals surface area contributed by atoms with Crippen LogP contribution in [0.2, 0.25) is 5.28 Å². The number of hydrogen-bond donors (Lipinski definition) is 1. The van der Waals surface area contributed by atoms with Crippen LogP contribution < -0.4 is 10.1 Å². The molecule has 1 N–H and O–H groups in total. The van der Waals surface area contributed by atoms with E-state index in [9.17, 15) is 4.79 Å². The molecule has 0 unspecified atom stereocenters. The van der Waals surface area contributed by atoms with Crippen LogP contribution >= 0.6 is 11.6 Å². The molecule has 1 aliphatic rings. The van der Waals surface area contributed by atoms with E-state index in [4.69, 9.17) is 16.3 Å². The molecule has 0 radical (unpaired) electrons. The number of aromatic nitrogens is 3. The van der Waals surface area contributed by atoms with Gasteiger partial charge >= 0.3 is 6.01 Å². The maximum Gasteiger partial charge on any atom is 0.322 e. The number of rotatable bonds is 6. The Morgan fingerprint density at radius 3 is 2.76 bits per heavy atom. The van der Waals surface area contributed by atoms with Crippen molar-refractivity contribution in [1.82, 2.24) is 19.9 Å². The summed E-state index contributed by atoms with van der Waals surface area (Å²) in [5.41, 5.74) is 0. The Hall–Kier alpha value is -1.63. The van der Waals surface area contributed by atoms with E-state index in [2.05, 4.69) is 20.3 Å². The van der Waals surface area contributed by atoms with E-state index in [-0.39, 0.29) is 17.2 Å². The Morgan fingerprint density at radius 2 is 2.05 bits per heavy atom. The number of amides is 1. The van der Waals surface area contributed by atoms with Gasteiger partial charge in [-0.3, -0.25) is 4.79 Å². The van der Waals surface area contributed by atoms with Gasteiger partial charge in [0.05, 0.1) is 6.61 Å². The number of likely N-dealkylation sites (tertiary alicyclic amines) is 1. The highest BCUT2D eigenvalue weighted by molar-refractivity contribution is 6.28. The SMILES string of the molecule is CCOc1nc(Cl)nc(NCCC(=O)N2CCCCC2)n1. The highest BCUT2D eigenvalue weighted by Gasteiger charge is 2.16. The molecule has 1 amide bonds. The second-order valence-corrected chi connectivity index (χ2v) is 5.10. The number of halogens is 1. The van der Waals surface area contributed by atoms with Crippen LogP contribution in [0, 0.1) is 0 Å². The summed E-state index contributed by atoms with van der Waals surface area (Å²) in [6.45, 7) is 4.48. The summed E-state index contributed by atoms with van der Waals surface area (Å²) in [6.07, 6.45) is 3.82. The largest absolute Gasteiger partial charge is 0.464 e. The van der Waals surface area contributed by atoms with Crippen LogP contribution in [-0.2, 0) is 4.79 Å². The normalized spacial score (nSPS) is 14.9. The summed E-state index contributed by atoms with van der Waals surface area (Å²) in [7, 11) is 0. The van der Waals surface area contributed by atoms with Gasteiger partial charge in [-0.2, -0.15) is 15.0 Å². The first-order valence-electron chi connectivity index (χ1n) is 7.25. The summed E-state index contributed by atoms with van der Waals surface area (Å²) in [5, 5.41) is 3.05. The average Bonchev–Trinajstić information content (AvgIpc) is 2.48. The molecule has 1 fully saturated rings. The zero-order valence-electron chi connectivity index (χ0n) is 12.1. The lowest BCUT2D eigenvalue weighted by atomic mass is 10.1. The minimum absolute atomic E-state index is 0.0679. The first-order chi connectivity index (χ1) is 10.2. The van der Waals surface area contributed by atoms with Gasteiger partial charge in [0.2, 0.25) is 17.1 Å². The fourth-order valence-corrected chi connectivity index (χ4v) is 2.34. The predicted octanol–water partition coefficient (Wildman–Crippen LogP) is 1.74.